The molecule has 0 saturated heterocycles. The van der Waals surface area contributed by atoms with Gasteiger partial charge in [-0.3, -0.25) is 14.9 Å². The Labute approximate surface area is 180 Å². The maximum atomic E-state index is 12.3. The average molecular weight is 440 g/mol. The predicted molar refractivity (Wildman–Crippen MR) is 113 cm³/mol. The van der Waals surface area contributed by atoms with E-state index in [0.29, 0.717) is 5.56 Å². The summed E-state index contributed by atoms with van der Waals surface area (Å²) >= 11 is 5.74. The number of aromatic hydroxyl groups is 1. The number of esters is 1. The number of rotatable bonds is 6. The molecule has 10 heteroatoms. The van der Waals surface area contributed by atoms with E-state index in [0.717, 1.165) is 6.07 Å². The molecule has 0 saturated carbocycles. The molecule has 0 aromatic heterocycles. The van der Waals surface area contributed by atoms with Crippen LogP contribution in [0.15, 0.2) is 71.8 Å². The van der Waals surface area contributed by atoms with Gasteiger partial charge in [0.15, 0.2) is 0 Å². The smallest absolute Gasteiger partial charge is 0.343 e. The van der Waals surface area contributed by atoms with Crippen LogP contribution in [-0.2, 0) is 0 Å². The number of para-hydroxylation sites is 1. The third-order valence-corrected chi connectivity index (χ3v) is 4.30. The fourth-order valence-electron chi connectivity index (χ4n) is 2.50. The average Bonchev–Trinajstić information content (AvgIpc) is 2.74. The lowest BCUT2D eigenvalue weighted by Gasteiger charge is -2.06. The molecule has 0 heterocycles. The molecule has 156 valence electrons. The van der Waals surface area contributed by atoms with Crippen molar-refractivity contribution >= 4 is 35.4 Å². The van der Waals surface area contributed by atoms with E-state index in [2.05, 4.69) is 10.5 Å². The standard InChI is InChI=1S/C21H14ClN3O6/c22-17-9-8-14(11-18(17)25(29)30)21(28)31-15-5-3-4-13(10-15)12-23-24-20(27)16-6-1-2-7-19(16)26/h1-12,26H,(H,24,27)/b23-12+. The number of halogens is 1. The zero-order chi connectivity index (χ0) is 22.4. The van der Waals surface area contributed by atoms with E-state index < -0.39 is 22.5 Å². The van der Waals surface area contributed by atoms with Crippen molar-refractivity contribution in [3.8, 4) is 11.5 Å². The maximum Gasteiger partial charge on any atom is 0.343 e. The molecule has 0 bridgehead atoms. The first-order chi connectivity index (χ1) is 14.8. The summed E-state index contributed by atoms with van der Waals surface area (Å²) < 4.78 is 5.24. The van der Waals surface area contributed by atoms with E-state index in [1.807, 2.05) is 0 Å². The van der Waals surface area contributed by atoms with Gasteiger partial charge in [0.05, 0.1) is 22.3 Å². The topological polar surface area (TPSA) is 131 Å². The number of amides is 1. The Morgan fingerprint density at radius 3 is 2.61 bits per heavy atom. The molecular formula is C21H14ClN3O6. The molecule has 2 N–H and O–H groups in total. The summed E-state index contributed by atoms with van der Waals surface area (Å²) in [5, 5.41) is 24.4. The number of nitrogens with one attached hydrogen (secondary N) is 1. The van der Waals surface area contributed by atoms with Gasteiger partial charge >= 0.3 is 5.97 Å². The number of phenols is 1. The molecule has 0 radical (unpaired) electrons. The number of hydrogen-bond acceptors (Lipinski definition) is 7. The van der Waals surface area contributed by atoms with E-state index in [4.69, 9.17) is 16.3 Å². The first kappa shape index (κ1) is 21.5. The summed E-state index contributed by atoms with van der Waals surface area (Å²) in [7, 11) is 0. The summed E-state index contributed by atoms with van der Waals surface area (Å²) in [4.78, 5) is 34.6. The van der Waals surface area contributed by atoms with Crippen molar-refractivity contribution in [2.75, 3.05) is 0 Å². The van der Waals surface area contributed by atoms with Crippen molar-refractivity contribution < 1.29 is 24.4 Å². The molecule has 0 spiro atoms. The van der Waals surface area contributed by atoms with Crippen LogP contribution in [0.1, 0.15) is 26.3 Å². The molecule has 1 amide bonds. The largest absolute Gasteiger partial charge is 0.507 e. The highest BCUT2D eigenvalue weighted by Gasteiger charge is 2.17. The number of benzene rings is 3. The Morgan fingerprint density at radius 2 is 1.87 bits per heavy atom. The van der Waals surface area contributed by atoms with E-state index >= 15 is 0 Å². The van der Waals surface area contributed by atoms with Gasteiger partial charge in [0.1, 0.15) is 16.5 Å². The van der Waals surface area contributed by atoms with Gasteiger partial charge in [-0.05, 0) is 42.0 Å². The normalized spacial score (nSPS) is 10.6. The molecule has 3 rings (SSSR count). The maximum absolute atomic E-state index is 12.3. The zero-order valence-corrected chi connectivity index (χ0v) is 16.4. The molecular weight excluding hydrogens is 426 g/mol. The lowest BCUT2D eigenvalue weighted by molar-refractivity contribution is -0.384. The van der Waals surface area contributed by atoms with Gasteiger partial charge in [0, 0.05) is 6.07 Å². The third kappa shape index (κ3) is 5.43. The van der Waals surface area contributed by atoms with Gasteiger partial charge in [0.25, 0.3) is 11.6 Å². The second-order valence-corrected chi connectivity index (χ2v) is 6.51. The number of nitrogens with zero attached hydrogens (tertiary/aromatic N) is 2. The summed E-state index contributed by atoms with van der Waals surface area (Å²) in [5.74, 6) is -1.41. The van der Waals surface area contributed by atoms with Crippen molar-refractivity contribution in [1.82, 2.24) is 5.43 Å². The Hall–Kier alpha value is -4.24. The van der Waals surface area contributed by atoms with Crippen LogP contribution in [0, 0.1) is 10.1 Å². The first-order valence-corrected chi connectivity index (χ1v) is 9.10. The van der Waals surface area contributed by atoms with E-state index in [1.165, 1.54) is 42.6 Å². The molecule has 3 aromatic rings. The SMILES string of the molecule is O=C(Oc1cccc(/C=N/NC(=O)c2ccccc2O)c1)c1ccc(Cl)c([N+](=O)[O-])c1. The van der Waals surface area contributed by atoms with Crippen molar-refractivity contribution in [2.45, 2.75) is 0 Å². The third-order valence-electron chi connectivity index (χ3n) is 3.98. The van der Waals surface area contributed by atoms with Gasteiger partial charge in [-0.15, -0.1) is 0 Å². The van der Waals surface area contributed by atoms with Gasteiger partial charge in [-0.1, -0.05) is 35.9 Å². The van der Waals surface area contributed by atoms with E-state index in [1.54, 1.807) is 24.3 Å². The molecule has 9 nitrogen and oxygen atoms in total. The number of carbonyl (C=O) groups is 2. The molecule has 0 aliphatic rings. The van der Waals surface area contributed by atoms with Crippen LogP contribution in [0.5, 0.6) is 11.5 Å². The number of hydrazone groups is 1. The number of nitro benzene ring substituents is 1. The van der Waals surface area contributed by atoms with Gasteiger partial charge in [-0.25, -0.2) is 10.2 Å². The fourth-order valence-corrected chi connectivity index (χ4v) is 2.68. The van der Waals surface area contributed by atoms with Crippen molar-refractivity contribution in [1.29, 1.82) is 0 Å². The molecule has 31 heavy (non-hydrogen) atoms. The number of phenolic OH excluding ortho intramolecular Hbond substituents is 1. The second-order valence-electron chi connectivity index (χ2n) is 6.10. The van der Waals surface area contributed by atoms with E-state index in [9.17, 15) is 24.8 Å². The highest BCUT2D eigenvalue weighted by atomic mass is 35.5. The minimum atomic E-state index is -0.804. The molecule has 3 aromatic carbocycles. The summed E-state index contributed by atoms with van der Waals surface area (Å²) in [6.07, 6.45) is 1.32. The monoisotopic (exact) mass is 439 g/mol. The summed E-state index contributed by atoms with van der Waals surface area (Å²) in [6, 6.07) is 15.9. The minimum absolute atomic E-state index is 0.0369. The fraction of sp³-hybridized carbons (Fsp3) is 0. The lowest BCUT2D eigenvalue weighted by atomic mass is 10.2. The van der Waals surface area contributed by atoms with Crippen LogP contribution in [0.2, 0.25) is 5.02 Å². The predicted octanol–water partition coefficient (Wildman–Crippen LogP) is 3.94. The van der Waals surface area contributed by atoms with Gasteiger partial charge in [0.2, 0.25) is 0 Å². The highest BCUT2D eigenvalue weighted by molar-refractivity contribution is 6.32. The van der Waals surface area contributed by atoms with Crippen LogP contribution in [0.4, 0.5) is 5.69 Å². The van der Waals surface area contributed by atoms with Gasteiger partial charge in [-0.2, -0.15) is 5.10 Å². The van der Waals surface area contributed by atoms with Gasteiger partial charge < -0.3 is 9.84 Å². The van der Waals surface area contributed by atoms with Crippen LogP contribution in [0.3, 0.4) is 0 Å². The lowest BCUT2D eigenvalue weighted by Crippen LogP contribution is -2.17. The Balaban J connectivity index is 1.68. The number of ether oxygens (including phenoxy) is 1. The van der Waals surface area contributed by atoms with Crippen LogP contribution in [0.25, 0.3) is 0 Å². The number of nitro groups is 1. The van der Waals surface area contributed by atoms with E-state index in [-0.39, 0.29) is 27.6 Å². The molecule has 0 unspecified atom stereocenters. The van der Waals surface area contributed by atoms with Crippen molar-refractivity contribution in [3.63, 3.8) is 0 Å². The Bertz CT molecular complexity index is 1200. The molecule has 0 aliphatic heterocycles. The van der Waals surface area contributed by atoms with Crippen molar-refractivity contribution in [3.05, 3.63) is 98.6 Å². The quantitative estimate of drug-likeness (QED) is 0.196. The van der Waals surface area contributed by atoms with Crippen molar-refractivity contribution in [2.24, 2.45) is 5.10 Å². The van der Waals surface area contributed by atoms with Crippen LogP contribution >= 0.6 is 11.6 Å². The number of carbonyl (C=O) groups excluding carboxylic acids is 2. The zero-order valence-electron chi connectivity index (χ0n) is 15.7. The Morgan fingerprint density at radius 1 is 1.10 bits per heavy atom. The van der Waals surface area contributed by atoms with Crippen LogP contribution < -0.4 is 10.2 Å². The summed E-state index contributed by atoms with van der Waals surface area (Å²) in [5.41, 5.74) is 2.41. The molecule has 0 atom stereocenters. The van der Waals surface area contributed by atoms with Crippen LogP contribution in [-0.4, -0.2) is 28.1 Å². The number of hydrogen-bond donors (Lipinski definition) is 2. The highest BCUT2D eigenvalue weighted by Crippen LogP contribution is 2.26. The second kappa shape index (κ2) is 9.51. The Kier molecular flexibility index (Phi) is 6.58. The summed E-state index contributed by atoms with van der Waals surface area (Å²) in [6.45, 7) is 0. The first-order valence-electron chi connectivity index (χ1n) is 8.73. The minimum Gasteiger partial charge on any atom is -0.507 e. The molecule has 0 fully saturated rings. The molecule has 0 aliphatic carbocycles.